The van der Waals surface area contributed by atoms with Gasteiger partial charge in [0.05, 0.1) is 15.9 Å². The highest BCUT2D eigenvalue weighted by atomic mass is 32.1. The largest absolute Gasteiger partial charge is 0.226 e. The Labute approximate surface area is 327 Å². The van der Waals surface area contributed by atoms with Crippen LogP contribution in [-0.2, 0) is 10.8 Å². The summed E-state index contributed by atoms with van der Waals surface area (Å²) in [6.45, 7) is 0. The Morgan fingerprint density at radius 2 is 1.25 bits per heavy atom. The molecule has 268 valence electrons. The van der Waals surface area contributed by atoms with Gasteiger partial charge in [-0.1, -0.05) is 171 Å². The molecular weight excluding hydrogens is 685 g/mol. The summed E-state index contributed by atoms with van der Waals surface area (Å²) in [6, 6.07) is 45.4. The molecule has 0 radical (unpaired) electrons. The molecule has 1 unspecified atom stereocenters. The average molecular weight is 729 g/mol. The Hall–Kier alpha value is -5.12. The molecule has 12 rings (SSSR count). The van der Waals surface area contributed by atoms with Crippen molar-refractivity contribution in [2.45, 2.75) is 87.4 Å². The monoisotopic (exact) mass is 728 g/mol. The summed E-state index contributed by atoms with van der Waals surface area (Å²) >= 11 is 1.80. The van der Waals surface area contributed by atoms with E-state index in [1.807, 2.05) is 0 Å². The van der Waals surface area contributed by atoms with Crippen LogP contribution in [0.25, 0.3) is 59.6 Å². The van der Waals surface area contributed by atoms with Crippen LogP contribution in [0.15, 0.2) is 139 Å². The molecule has 3 heteroatoms. The van der Waals surface area contributed by atoms with Crippen LogP contribution >= 0.6 is 11.3 Å². The van der Waals surface area contributed by atoms with E-state index >= 15 is 0 Å². The fraction of sp³-hybridized carbons (Fsp3) is 0.269. The Kier molecular flexibility index (Phi) is 7.13. The van der Waals surface area contributed by atoms with Gasteiger partial charge >= 0.3 is 0 Å². The molecular formula is C52H44N2S. The maximum absolute atomic E-state index is 5.25. The Bertz CT molecular complexity index is 2740. The van der Waals surface area contributed by atoms with E-state index in [1.54, 1.807) is 50.3 Å². The first-order valence-corrected chi connectivity index (χ1v) is 21.6. The molecule has 2 fully saturated rings. The lowest BCUT2D eigenvalue weighted by Crippen LogP contribution is -2.32. The van der Waals surface area contributed by atoms with Gasteiger partial charge in [0.2, 0.25) is 0 Å². The first-order valence-electron chi connectivity index (χ1n) is 20.8. The van der Waals surface area contributed by atoms with E-state index in [4.69, 9.17) is 9.97 Å². The fourth-order valence-electron chi connectivity index (χ4n) is 11.9. The molecule has 2 heterocycles. The van der Waals surface area contributed by atoms with Gasteiger partial charge < -0.3 is 0 Å². The number of rotatable bonds is 3. The van der Waals surface area contributed by atoms with Crippen LogP contribution in [-0.4, -0.2) is 9.97 Å². The first-order chi connectivity index (χ1) is 27.2. The molecule has 2 saturated carbocycles. The molecule has 5 aromatic carbocycles. The summed E-state index contributed by atoms with van der Waals surface area (Å²) in [4.78, 5) is 10.4. The van der Waals surface area contributed by atoms with Gasteiger partial charge in [-0.25, -0.2) is 9.97 Å². The third kappa shape index (κ3) is 4.66. The molecule has 2 nitrogen and oxygen atoms in total. The van der Waals surface area contributed by atoms with Crippen molar-refractivity contribution >= 4 is 37.2 Å². The van der Waals surface area contributed by atoms with Gasteiger partial charge in [-0.3, -0.25) is 0 Å². The van der Waals surface area contributed by atoms with Gasteiger partial charge in [0.25, 0.3) is 0 Å². The zero-order valence-electron chi connectivity index (χ0n) is 31.3. The van der Waals surface area contributed by atoms with E-state index in [0.29, 0.717) is 5.92 Å². The highest BCUT2D eigenvalue weighted by Gasteiger charge is 2.54. The summed E-state index contributed by atoms with van der Waals surface area (Å²) in [5, 5.41) is 1.20. The molecule has 1 atom stereocenters. The van der Waals surface area contributed by atoms with Crippen molar-refractivity contribution in [1.82, 2.24) is 9.97 Å². The number of aromatic nitrogens is 2. The molecule has 55 heavy (non-hydrogen) atoms. The summed E-state index contributed by atoms with van der Waals surface area (Å²) in [6.07, 6.45) is 17.3. The normalized spacial score (nSPS) is 20.4. The highest BCUT2D eigenvalue weighted by Crippen LogP contribution is 2.66. The lowest BCUT2D eigenvalue weighted by atomic mass is 9.62. The van der Waals surface area contributed by atoms with Crippen LogP contribution in [0.5, 0.6) is 0 Å². The Morgan fingerprint density at radius 1 is 0.564 bits per heavy atom. The molecule has 2 aromatic heterocycles. The average Bonchev–Trinajstić information content (AvgIpc) is 3.85. The molecule has 0 amide bonds. The predicted octanol–water partition coefficient (Wildman–Crippen LogP) is 14.1. The SMILES string of the molecule is C1=C2C(CC3=C1c1ccccc1C31CCCCC1)c1cc(-c3ccc(-c4nc(-c5ccccc5)nc5c4sc4ccccc45)cc3)ccc1C21CCCCC1. The first kappa shape index (κ1) is 32.2. The summed E-state index contributed by atoms with van der Waals surface area (Å²) < 4.78 is 2.40. The number of fused-ring (bicyclic) bond motifs is 12. The van der Waals surface area contributed by atoms with Crippen molar-refractivity contribution in [3.8, 4) is 33.8 Å². The molecule has 0 saturated heterocycles. The minimum absolute atomic E-state index is 0.190. The van der Waals surface area contributed by atoms with Gasteiger partial charge in [-0.15, -0.1) is 11.3 Å². The third-order valence-electron chi connectivity index (χ3n) is 14.4. The summed E-state index contributed by atoms with van der Waals surface area (Å²) in [5.41, 5.74) is 18.8. The second-order valence-corrected chi connectivity index (χ2v) is 18.0. The third-order valence-corrected chi connectivity index (χ3v) is 15.5. The number of benzene rings is 5. The fourth-order valence-corrected chi connectivity index (χ4v) is 13.0. The molecule has 0 aliphatic heterocycles. The van der Waals surface area contributed by atoms with Gasteiger partial charge in [0.1, 0.15) is 0 Å². The smallest absolute Gasteiger partial charge is 0.160 e. The summed E-state index contributed by atoms with van der Waals surface area (Å²) in [7, 11) is 0. The van der Waals surface area contributed by atoms with Gasteiger partial charge in [-0.05, 0) is 77.1 Å². The zero-order chi connectivity index (χ0) is 36.1. The van der Waals surface area contributed by atoms with Crippen LogP contribution < -0.4 is 0 Å². The standard InChI is InChI=1S/C52H44N2S/c1-4-14-35(15-5-1)50-53-47(49-48(54-50)38-17-7-9-19-46(38)55-49)34-22-20-33(21-23-34)36-24-25-43-39(30-36)41-32-44-40(31-45(41)52(43)28-12-3-13-29-52)37-16-6-8-18-42(37)51(44)26-10-2-11-27-51/h1,4-9,14-25,30-31,41H,2-3,10-13,26-29,32H2. The van der Waals surface area contributed by atoms with Crippen molar-refractivity contribution in [2.24, 2.45) is 0 Å². The molecule has 7 aromatic rings. The van der Waals surface area contributed by atoms with Crippen LogP contribution in [0.4, 0.5) is 0 Å². The maximum atomic E-state index is 5.25. The number of allylic oxidation sites excluding steroid dienone is 4. The van der Waals surface area contributed by atoms with Gasteiger partial charge in [0.15, 0.2) is 5.82 Å². The van der Waals surface area contributed by atoms with Crippen molar-refractivity contribution < 1.29 is 0 Å². The maximum Gasteiger partial charge on any atom is 0.160 e. The number of thiophene rings is 1. The lowest BCUT2D eigenvalue weighted by Gasteiger charge is -2.41. The topological polar surface area (TPSA) is 25.8 Å². The van der Waals surface area contributed by atoms with E-state index in [0.717, 1.165) is 32.9 Å². The van der Waals surface area contributed by atoms with E-state index in [2.05, 4.69) is 127 Å². The van der Waals surface area contributed by atoms with Crippen LogP contribution in [0.2, 0.25) is 0 Å². The number of nitrogens with zero attached hydrogens (tertiary/aromatic N) is 2. The lowest BCUT2D eigenvalue weighted by molar-refractivity contribution is 0.325. The molecule has 5 aliphatic carbocycles. The molecule has 2 spiro atoms. The summed E-state index contributed by atoms with van der Waals surface area (Å²) in [5.74, 6) is 1.26. The minimum atomic E-state index is 0.190. The number of hydrogen-bond acceptors (Lipinski definition) is 3. The van der Waals surface area contributed by atoms with Crippen molar-refractivity contribution in [3.63, 3.8) is 0 Å². The Morgan fingerprint density at radius 3 is 2.07 bits per heavy atom. The minimum Gasteiger partial charge on any atom is -0.226 e. The second-order valence-electron chi connectivity index (χ2n) is 17.0. The van der Waals surface area contributed by atoms with Crippen LogP contribution in [0, 0.1) is 0 Å². The van der Waals surface area contributed by atoms with Crippen molar-refractivity contribution in [2.75, 3.05) is 0 Å². The number of hydrogen-bond donors (Lipinski definition) is 0. The molecule has 0 N–H and O–H groups in total. The van der Waals surface area contributed by atoms with E-state index in [1.165, 1.54) is 91.8 Å². The van der Waals surface area contributed by atoms with Gasteiger partial charge in [0, 0.05) is 38.0 Å². The van der Waals surface area contributed by atoms with Crippen LogP contribution in [0.1, 0.15) is 98.8 Å². The van der Waals surface area contributed by atoms with Crippen LogP contribution in [0.3, 0.4) is 0 Å². The van der Waals surface area contributed by atoms with Crippen molar-refractivity contribution in [3.05, 3.63) is 161 Å². The highest BCUT2D eigenvalue weighted by molar-refractivity contribution is 7.26. The quantitative estimate of drug-likeness (QED) is 0.181. The molecule has 5 aliphatic rings. The van der Waals surface area contributed by atoms with E-state index < -0.39 is 0 Å². The van der Waals surface area contributed by atoms with E-state index in [9.17, 15) is 0 Å². The second kappa shape index (κ2) is 12.2. The zero-order valence-corrected chi connectivity index (χ0v) is 32.1. The molecule has 0 bridgehead atoms. The van der Waals surface area contributed by atoms with Crippen molar-refractivity contribution in [1.29, 1.82) is 0 Å². The van der Waals surface area contributed by atoms with Gasteiger partial charge in [-0.2, -0.15) is 0 Å². The predicted molar refractivity (Wildman–Crippen MR) is 230 cm³/mol. The Balaban J connectivity index is 0.957. The van der Waals surface area contributed by atoms with E-state index in [-0.39, 0.29) is 10.8 Å².